The van der Waals surface area contributed by atoms with Crippen LogP contribution in [0.5, 0.6) is 0 Å². The molecular weight excluding hydrogens is 356 g/mol. The van der Waals surface area contributed by atoms with Gasteiger partial charge in [-0.2, -0.15) is 0 Å². The lowest BCUT2D eigenvalue weighted by atomic mass is 10.2. The van der Waals surface area contributed by atoms with Gasteiger partial charge in [-0.05, 0) is 24.3 Å². The maximum Gasteiger partial charge on any atom is 0.283 e. The molecule has 0 atom stereocenters. The molecule has 0 saturated carbocycles. The van der Waals surface area contributed by atoms with Crippen LogP contribution in [0.25, 0.3) is 11.7 Å². The van der Waals surface area contributed by atoms with Crippen LogP contribution in [0.4, 0.5) is 0 Å². The number of amides is 1. The van der Waals surface area contributed by atoms with E-state index < -0.39 is 0 Å². The number of nitrogens with zero attached hydrogens (tertiary/aromatic N) is 4. The van der Waals surface area contributed by atoms with Crippen molar-refractivity contribution in [3.05, 3.63) is 59.1 Å². The highest BCUT2D eigenvalue weighted by Crippen LogP contribution is 2.20. The summed E-state index contributed by atoms with van der Waals surface area (Å²) in [5.41, 5.74) is 0.544. The number of furan rings is 1. The van der Waals surface area contributed by atoms with E-state index in [4.69, 9.17) is 20.4 Å². The molecule has 0 aliphatic carbocycles. The average Bonchev–Trinajstić information content (AvgIpc) is 3.34. The maximum atomic E-state index is 12.6. The number of carbonyl (C=O) groups is 1. The summed E-state index contributed by atoms with van der Waals surface area (Å²) in [6.45, 7) is 3.26. The van der Waals surface area contributed by atoms with Crippen molar-refractivity contribution in [2.75, 3.05) is 26.2 Å². The summed E-state index contributed by atoms with van der Waals surface area (Å²) in [7, 11) is 0. The minimum Gasteiger partial charge on any atom is -0.459 e. The number of carbonyl (C=O) groups excluding carboxylic acids is 1. The van der Waals surface area contributed by atoms with Crippen LogP contribution in [0.1, 0.15) is 16.2 Å². The van der Waals surface area contributed by atoms with Crippen LogP contribution < -0.4 is 0 Å². The molecule has 26 heavy (non-hydrogen) atoms. The quantitative estimate of drug-likeness (QED) is 0.701. The maximum absolute atomic E-state index is 12.6. The Hall–Kier alpha value is -2.64. The molecule has 4 rings (SSSR count). The van der Waals surface area contributed by atoms with Gasteiger partial charge >= 0.3 is 0 Å². The van der Waals surface area contributed by atoms with Gasteiger partial charge in [0.15, 0.2) is 5.76 Å². The fourth-order valence-electron chi connectivity index (χ4n) is 2.92. The van der Waals surface area contributed by atoms with Crippen LogP contribution in [0.3, 0.4) is 0 Å². The third-order valence-corrected chi connectivity index (χ3v) is 4.65. The predicted octanol–water partition coefficient (Wildman–Crippen LogP) is 2.94. The smallest absolute Gasteiger partial charge is 0.283 e. The molecule has 0 spiro atoms. The average molecular weight is 373 g/mol. The van der Waals surface area contributed by atoms with E-state index in [0.717, 1.165) is 13.1 Å². The SMILES string of the molecule is O=C(c1ccccc1Cl)N1CCN(Cc2nnc(-c3ccco3)o2)CC1. The zero-order valence-corrected chi connectivity index (χ0v) is 14.7. The summed E-state index contributed by atoms with van der Waals surface area (Å²) in [5.74, 6) is 1.42. The summed E-state index contributed by atoms with van der Waals surface area (Å²) in [6.07, 6.45) is 1.56. The zero-order chi connectivity index (χ0) is 17.9. The number of piperazine rings is 1. The topological polar surface area (TPSA) is 75.6 Å². The van der Waals surface area contributed by atoms with Crippen molar-refractivity contribution in [3.63, 3.8) is 0 Å². The first-order valence-corrected chi connectivity index (χ1v) is 8.71. The Morgan fingerprint density at radius 3 is 2.62 bits per heavy atom. The van der Waals surface area contributed by atoms with Gasteiger partial charge in [0, 0.05) is 26.2 Å². The molecular formula is C18H17ClN4O3. The fraction of sp³-hybridized carbons (Fsp3) is 0.278. The van der Waals surface area contributed by atoms with Crippen molar-refractivity contribution in [3.8, 4) is 11.7 Å². The Kier molecular flexibility index (Phi) is 4.73. The van der Waals surface area contributed by atoms with Gasteiger partial charge in [0.1, 0.15) is 0 Å². The van der Waals surface area contributed by atoms with E-state index in [-0.39, 0.29) is 5.91 Å². The monoisotopic (exact) mass is 372 g/mol. The van der Waals surface area contributed by atoms with Crippen molar-refractivity contribution >= 4 is 17.5 Å². The van der Waals surface area contributed by atoms with Gasteiger partial charge in [-0.3, -0.25) is 9.69 Å². The number of halogens is 1. The Labute approximate surface area is 155 Å². The van der Waals surface area contributed by atoms with Gasteiger partial charge in [-0.25, -0.2) is 0 Å². The lowest BCUT2D eigenvalue weighted by Gasteiger charge is -2.34. The summed E-state index contributed by atoms with van der Waals surface area (Å²) in [5, 5.41) is 8.55. The first-order chi connectivity index (χ1) is 12.7. The van der Waals surface area contributed by atoms with Crippen LogP contribution in [-0.2, 0) is 6.54 Å². The normalized spacial score (nSPS) is 15.3. The molecule has 1 amide bonds. The lowest BCUT2D eigenvalue weighted by molar-refractivity contribution is 0.0618. The fourth-order valence-corrected chi connectivity index (χ4v) is 3.14. The molecule has 134 valence electrons. The molecule has 1 fully saturated rings. The third kappa shape index (κ3) is 3.49. The molecule has 1 aromatic carbocycles. The Balaban J connectivity index is 1.34. The Bertz CT molecular complexity index is 885. The Morgan fingerprint density at radius 2 is 1.88 bits per heavy atom. The highest BCUT2D eigenvalue weighted by atomic mass is 35.5. The van der Waals surface area contributed by atoms with Crippen LogP contribution in [0.15, 0.2) is 51.5 Å². The summed E-state index contributed by atoms with van der Waals surface area (Å²) < 4.78 is 10.9. The van der Waals surface area contributed by atoms with Gasteiger partial charge in [0.2, 0.25) is 5.89 Å². The molecule has 0 N–H and O–H groups in total. The molecule has 0 radical (unpaired) electrons. The summed E-state index contributed by atoms with van der Waals surface area (Å²) in [4.78, 5) is 16.6. The zero-order valence-electron chi connectivity index (χ0n) is 14.0. The number of hydrogen-bond acceptors (Lipinski definition) is 6. The van der Waals surface area contributed by atoms with Gasteiger partial charge in [0.25, 0.3) is 11.8 Å². The van der Waals surface area contributed by atoms with Gasteiger partial charge in [-0.15, -0.1) is 10.2 Å². The highest BCUT2D eigenvalue weighted by Gasteiger charge is 2.24. The molecule has 8 heteroatoms. The number of aromatic nitrogens is 2. The van der Waals surface area contributed by atoms with E-state index in [2.05, 4.69) is 15.1 Å². The standard InChI is InChI=1S/C18H17ClN4O3/c19-14-5-2-1-4-13(14)18(24)23-9-7-22(8-10-23)12-16-20-21-17(26-16)15-6-3-11-25-15/h1-6,11H,7-10,12H2. The van der Waals surface area contributed by atoms with Crippen LogP contribution in [-0.4, -0.2) is 52.1 Å². The van der Waals surface area contributed by atoms with E-state index in [9.17, 15) is 4.79 Å². The molecule has 7 nitrogen and oxygen atoms in total. The second-order valence-corrected chi connectivity index (χ2v) is 6.43. The van der Waals surface area contributed by atoms with Crippen molar-refractivity contribution in [1.29, 1.82) is 0 Å². The van der Waals surface area contributed by atoms with Gasteiger partial charge < -0.3 is 13.7 Å². The van der Waals surface area contributed by atoms with E-state index >= 15 is 0 Å². The number of benzene rings is 1. The third-order valence-electron chi connectivity index (χ3n) is 4.32. The predicted molar refractivity (Wildman–Crippen MR) is 94.6 cm³/mol. The van der Waals surface area contributed by atoms with Crippen molar-refractivity contribution in [2.24, 2.45) is 0 Å². The van der Waals surface area contributed by atoms with Crippen LogP contribution in [0.2, 0.25) is 5.02 Å². The summed E-state index contributed by atoms with van der Waals surface area (Å²) in [6, 6.07) is 10.7. The van der Waals surface area contributed by atoms with Crippen LogP contribution >= 0.6 is 11.6 Å². The Morgan fingerprint density at radius 1 is 1.08 bits per heavy atom. The molecule has 2 aromatic heterocycles. The molecule has 1 saturated heterocycles. The first kappa shape index (κ1) is 16.8. The van der Waals surface area contributed by atoms with E-state index in [0.29, 0.717) is 47.8 Å². The molecule has 3 aromatic rings. The summed E-state index contributed by atoms with van der Waals surface area (Å²) >= 11 is 6.13. The van der Waals surface area contributed by atoms with Crippen molar-refractivity contribution < 1.29 is 13.6 Å². The van der Waals surface area contributed by atoms with E-state index in [1.807, 2.05) is 17.0 Å². The molecule has 3 heterocycles. The minimum atomic E-state index is -0.0341. The van der Waals surface area contributed by atoms with Crippen LogP contribution in [0, 0.1) is 0 Å². The van der Waals surface area contributed by atoms with Gasteiger partial charge in [0.05, 0.1) is 23.4 Å². The molecule has 1 aliphatic heterocycles. The van der Waals surface area contributed by atoms with E-state index in [1.54, 1.807) is 30.5 Å². The van der Waals surface area contributed by atoms with Crippen molar-refractivity contribution in [1.82, 2.24) is 20.0 Å². The second-order valence-electron chi connectivity index (χ2n) is 6.03. The molecule has 1 aliphatic rings. The first-order valence-electron chi connectivity index (χ1n) is 8.33. The largest absolute Gasteiger partial charge is 0.459 e. The molecule has 0 unspecified atom stereocenters. The van der Waals surface area contributed by atoms with Crippen molar-refractivity contribution in [2.45, 2.75) is 6.54 Å². The second kappa shape index (κ2) is 7.31. The van der Waals surface area contributed by atoms with Gasteiger partial charge in [-0.1, -0.05) is 23.7 Å². The minimum absolute atomic E-state index is 0.0341. The lowest BCUT2D eigenvalue weighted by Crippen LogP contribution is -2.48. The highest BCUT2D eigenvalue weighted by molar-refractivity contribution is 6.33. The number of rotatable bonds is 4. The molecule has 0 bridgehead atoms. The van der Waals surface area contributed by atoms with E-state index in [1.165, 1.54) is 0 Å². The number of hydrogen-bond donors (Lipinski definition) is 0.